The van der Waals surface area contributed by atoms with Crippen LogP contribution >= 0.6 is 0 Å². The second-order valence-corrected chi connectivity index (χ2v) is 5.44. The van der Waals surface area contributed by atoms with Crippen molar-refractivity contribution in [1.82, 2.24) is 0 Å². The van der Waals surface area contributed by atoms with Gasteiger partial charge in [-0.25, -0.2) is 0 Å². The van der Waals surface area contributed by atoms with Crippen molar-refractivity contribution in [1.29, 1.82) is 0 Å². The Morgan fingerprint density at radius 3 is 2.68 bits per heavy atom. The predicted octanol–water partition coefficient (Wildman–Crippen LogP) is 4.65. The lowest BCUT2D eigenvalue weighted by atomic mass is 9.82. The quantitative estimate of drug-likeness (QED) is 0.370. The van der Waals surface area contributed by atoms with Crippen LogP contribution in [0.1, 0.15) is 27.8 Å². The SMILES string of the molecule is C1=C2c3ccccc3Cc3ccc4cccc1c4c32. The lowest BCUT2D eigenvalue weighted by molar-refractivity contribution is 1.15. The molecule has 5 rings (SSSR count). The fourth-order valence-electron chi connectivity index (χ4n) is 3.61. The molecule has 0 heteroatoms. The average Bonchev–Trinajstić information content (AvgIpc) is 2.85. The third-order valence-electron chi connectivity index (χ3n) is 4.42. The summed E-state index contributed by atoms with van der Waals surface area (Å²) in [6, 6.07) is 20.0. The van der Waals surface area contributed by atoms with Crippen LogP contribution in [-0.2, 0) is 6.42 Å². The van der Waals surface area contributed by atoms with Gasteiger partial charge in [-0.1, -0.05) is 54.6 Å². The second-order valence-electron chi connectivity index (χ2n) is 5.44. The van der Waals surface area contributed by atoms with E-state index < -0.39 is 0 Å². The summed E-state index contributed by atoms with van der Waals surface area (Å²) in [5.41, 5.74) is 8.62. The van der Waals surface area contributed by atoms with E-state index in [0.29, 0.717) is 0 Å². The molecule has 0 saturated heterocycles. The summed E-state index contributed by atoms with van der Waals surface area (Å²) in [5, 5.41) is 2.81. The van der Waals surface area contributed by atoms with Gasteiger partial charge in [0, 0.05) is 0 Å². The summed E-state index contributed by atoms with van der Waals surface area (Å²) in [6.07, 6.45) is 3.42. The maximum atomic E-state index is 2.36. The van der Waals surface area contributed by atoms with Gasteiger partial charge in [-0.05, 0) is 56.7 Å². The van der Waals surface area contributed by atoms with E-state index in [0.717, 1.165) is 6.42 Å². The second kappa shape index (κ2) is 3.16. The third-order valence-corrected chi connectivity index (χ3v) is 4.42. The van der Waals surface area contributed by atoms with E-state index in [9.17, 15) is 0 Å². The van der Waals surface area contributed by atoms with Crippen LogP contribution in [0.4, 0.5) is 0 Å². The lowest BCUT2D eigenvalue weighted by Gasteiger charge is -2.21. The molecular weight excluding hydrogens is 228 g/mol. The van der Waals surface area contributed by atoms with E-state index in [1.807, 2.05) is 0 Å². The van der Waals surface area contributed by atoms with Gasteiger partial charge in [0.2, 0.25) is 0 Å². The zero-order valence-corrected chi connectivity index (χ0v) is 10.5. The average molecular weight is 240 g/mol. The lowest BCUT2D eigenvalue weighted by Crippen LogP contribution is -2.04. The van der Waals surface area contributed by atoms with Crippen molar-refractivity contribution in [2.75, 3.05) is 0 Å². The topological polar surface area (TPSA) is 0 Å². The largest absolute Gasteiger partial charge is 0.0619 e. The highest BCUT2D eigenvalue weighted by Crippen LogP contribution is 2.46. The summed E-state index contributed by atoms with van der Waals surface area (Å²) in [6.45, 7) is 0. The van der Waals surface area contributed by atoms with Gasteiger partial charge in [-0.2, -0.15) is 0 Å². The maximum Gasteiger partial charge on any atom is -0.00132 e. The maximum absolute atomic E-state index is 2.36. The molecule has 0 bridgehead atoms. The Hall–Kier alpha value is -2.34. The standard InChI is InChI=1S/C19H12/c1-2-7-16-13(4-1)10-15-9-8-12-5-3-6-14-11-17(16)19(15)18(12)14/h1-9,11H,10H2. The van der Waals surface area contributed by atoms with Gasteiger partial charge in [0.15, 0.2) is 0 Å². The van der Waals surface area contributed by atoms with Crippen molar-refractivity contribution in [3.8, 4) is 0 Å². The molecule has 19 heavy (non-hydrogen) atoms. The zero-order valence-electron chi connectivity index (χ0n) is 10.5. The van der Waals surface area contributed by atoms with Crippen molar-refractivity contribution in [2.24, 2.45) is 0 Å². The molecule has 0 spiro atoms. The van der Waals surface area contributed by atoms with Gasteiger partial charge >= 0.3 is 0 Å². The molecule has 3 aromatic rings. The van der Waals surface area contributed by atoms with Crippen LogP contribution in [0.15, 0.2) is 54.6 Å². The molecule has 0 aromatic heterocycles. The molecule has 0 aliphatic heterocycles. The van der Waals surface area contributed by atoms with Crippen LogP contribution in [0.3, 0.4) is 0 Å². The molecule has 0 unspecified atom stereocenters. The molecule has 0 saturated carbocycles. The monoisotopic (exact) mass is 240 g/mol. The minimum Gasteiger partial charge on any atom is -0.0619 e. The molecule has 2 aliphatic rings. The Bertz CT molecular complexity index is 882. The Balaban J connectivity index is 1.98. The molecule has 0 N–H and O–H groups in total. The first-order valence-electron chi connectivity index (χ1n) is 6.77. The zero-order chi connectivity index (χ0) is 12.4. The summed E-state index contributed by atoms with van der Waals surface area (Å²) < 4.78 is 0. The molecular formula is C19H12. The summed E-state index contributed by atoms with van der Waals surface area (Å²) in [4.78, 5) is 0. The number of benzene rings is 3. The van der Waals surface area contributed by atoms with Crippen LogP contribution in [0.2, 0.25) is 0 Å². The summed E-state index contributed by atoms with van der Waals surface area (Å²) in [7, 11) is 0. The van der Waals surface area contributed by atoms with Gasteiger partial charge in [0.05, 0.1) is 0 Å². The van der Waals surface area contributed by atoms with Crippen molar-refractivity contribution < 1.29 is 0 Å². The van der Waals surface area contributed by atoms with Crippen LogP contribution in [-0.4, -0.2) is 0 Å². The number of fused-ring (bicyclic) bond motifs is 2. The van der Waals surface area contributed by atoms with E-state index >= 15 is 0 Å². The molecule has 2 aliphatic carbocycles. The first-order chi connectivity index (χ1) is 9.42. The summed E-state index contributed by atoms with van der Waals surface area (Å²) >= 11 is 0. The fraction of sp³-hybridized carbons (Fsp3) is 0.0526. The fourth-order valence-corrected chi connectivity index (χ4v) is 3.61. The van der Waals surface area contributed by atoms with E-state index in [1.54, 1.807) is 0 Å². The van der Waals surface area contributed by atoms with Crippen LogP contribution in [0, 0.1) is 0 Å². The Morgan fingerprint density at radius 2 is 1.68 bits per heavy atom. The van der Waals surface area contributed by atoms with Gasteiger partial charge in [-0.15, -0.1) is 0 Å². The Morgan fingerprint density at radius 1 is 0.737 bits per heavy atom. The number of hydrogen-bond donors (Lipinski definition) is 0. The minimum absolute atomic E-state index is 1.06. The van der Waals surface area contributed by atoms with Crippen LogP contribution in [0.25, 0.3) is 22.4 Å². The highest BCUT2D eigenvalue weighted by Gasteiger charge is 2.26. The molecule has 3 aromatic carbocycles. The molecule has 0 heterocycles. The summed E-state index contributed by atoms with van der Waals surface area (Å²) in [5.74, 6) is 0. The van der Waals surface area contributed by atoms with Crippen molar-refractivity contribution in [3.63, 3.8) is 0 Å². The highest BCUT2D eigenvalue weighted by atomic mass is 14.3. The van der Waals surface area contributed by atoms with Crippen LogP contribution < -0.4 is 0 Å². The van der Waals surface area contributed by atoms with Crippen molar-refractivity contribution >= 4 is 22.4 Å². The van der Waals surface area contributed by atoms with Crippen molar-refractivity contribution in [2.45, 2.75) is 6.42 Å². The first kappa shape index (κ1) is 9.57. The highest BCUT2D eigenvalue weighted by molar-refractivity contribution is 6.14. The van der Waals surface area contributed by atoms with E-state index in [4.69, 9.17) is 0 Å². The number of rotatable bonds is 0. The molecule has 0 radical (unpaired) electrons. The Labute approximate surface area is 112 Å². The van der Waals surface area contributed by atoms with Crippen LogP contribution in [0.5, 0.6) is 0 Å². The minimum atomic E-state index is 1.06. The smallest absolute Gasteiger partial charge is 0.00132 e. The molecule has 0 amide bonds. The molecule has 0 fully saturated rings. The van der Waals surface area contributed by atoms with Crippen molar-refractivity contribution in [3.05, 3.63) is 82.4 Å². The van der Waals surface area contributed by atoms with Gasteiger partial charge in [0.1, 0.15) is 0 Å². The molecule has 0 nitrogen and oxygen atoms in total. The first-order valence-corrected chi connectivity index (χ1v) is 6.77. The molecule has 0 atom stereocenters. The third kappa shape index (κ3) is 1.09. The van der Waals surface area contributed by atoms with E-state index in [1.165, 1.54) is 44.2 Å². The van der Waals surface area contributed by atoms with E-state index in [-0.39, 0.29) is 0 Å². The number of hydrogen-bond acceptors (Lipinski definition) is 0. The van der Waals surface area contributed by atoms with Gasteiger partial charge in [-0.3, -0.25) is 0 Å². The molecule has 88 valence electrons. The predicted molar refractivity (Wildman–Crippen MR) is 80.2 cm³/mol. The van der Waals surface area contributed by atoms with Gasteiger partial charge in [0.25, 0.3) is 0 Å². The van der Waals surface area contributed by atoms with Gasteiger partial charge < -0.3 is 0 Å². The van der Waals surface area contributed by atoms with E-state index in [2.05, 4.69) is 60.7 Å². The normalized spacial score (nSPS) is 14.4. The Kier molecular flexibility index (Phi) is 1.59.